The van der Waals surface area contributed by atoms with Gasteiger partial charge in [-0.1, -0.05) is 32.9 Å². The second-order valence-electron chi connectivity index (χ2n) is 13.7. The lowest BCUT2D eigenvalue weighted by Gasteiger charge is -2.60. The van der Waals surface area contributed by atoms with Crippen LogP contribution in [0.5, 0.6) is 0 Å². The average Bonchev–Trinajstić information content (AvgIpc) is 3.25. The first-order valence-corrected chi connectivity index (χ1v) is 16.2. The largest absolute Gasteiger partial charge is 0.343 e. The van der Waals surface area contributed by atoms with Gasteiger partial charge in [-0.25, -0.2) is 0 Å². The maximum absolute atomic E-state index is 13.0. The fourth-order valence-electron chi connectivity index (χ4n) is 10.00. The molecule has 0 aromatic heterocycles. The number of fused-ring (bicyclic) bond motifs is 3. The molecule has 218 valence electrons. The minimum Gasteiger partial charge on any atom is -0.343 e. The molecule has 0 radical (unpaired) electrons. The highest BCUT2D eigenvalue weighted by molar-refractivity contribution is 5.76. The van der Waals surface area contributed by atoms with E-state index in [1.165, 1.54) is 44.1 Å². The standard InChI is InChI=1S/C34H60N2O2/c1-10-35(11-2)31(37)19-14-25(7)28-17-18-29-26-15-16-27(24(5)6)33(8,30(26)20-22-34(28,29)9)23-21-32(38)36(12-3)13-4/h25-30H,5,10-23H2,1-4,6-9H3/t25-,26+,27?,28-,29+,30+,33+,34-/m1/s1. The fourth-order valence-corrected chi connectivity index (χ4v) is 10.00. The van der Waals surface area contributed by atoms with Crippen LogP contribution in [0.3, 0.4) is 0 Å². The number of allylic oxidation sites excluding steroid dienone is 1. The van der Waals surface area contributed by atoms with Gasteiger partial charge in [-0.2, -0.15) is 0 Å². The van der Waals surface area contributed by atoms with Crippen LogP contribution in [-0.4, -0.2) is 47.8 Å². The van der Waals surface area contributed by atoms with Crippen molar-refractivity contribution in [2.45, 2.75) is 120 Å². The second-order valence-corrected chi connectivity index (χ2v) is 13.7. The van der Waals surface area contributed by atoms with Crippen LogP contribution in [0.2, 0.25) is 0 Å². The van der Waals surface area contributed by atoms with Gasteiger partial charge in [0, 0.05) is 39.0 Å². The molecule has 3 aliphatic carbocycles. The number of carbonyl (C=O) groups is 2. The number of rotatable bonds is 12. The molecule has 3 saturated carbocycles. The molecule has 0 N–H and O–H groups in total. The Morgan fingerprint density at radius 3 is 1.97 bits per heavy atom. The molecule has 0 aromatic rings. The lowest BCUT2D eigenvalue weighted by atomic mass is 9.45. The van der Waals surface area contributed by atoms with Crippen LogP contribution >= 0.6 is 0 Å². The van der Waals surface area contributed by atoms with Crippen molar-refractivity contribution in [2.75, 3.05) is 26.2 Å². The third-order valence-electron chi connectivity index (χ3n) is 12.1. The summed E-state index contributed by atoms with van der Waals surface area (Å²) in [6, 6.07) is 0. The molecule has 0 bridgehead atoms. The molecule has 1 unspecified atom stereocenters. The van der Waals surface area contributed by atoms with Crippen molar-refractivity contribution in [1.29, 1.82) is 0 Å². The van der Waals surface area contributed by atoms with E-state index in [2.05, 4.69) is 62.0 Å². The molecule has 8 atom stereocenters. The molecular weight excluding hydrogens is 468 g/mol. The lowest BCUT2D eigenvalue weighted by molar-refractivity contribution is -0.134. The van der Waals surface area contributed by atoms with E-state index in [1.807, 2.05) is 9.80 Å². The molecule has 38 heavy (non-hydrogen) atoms. The van der Waals surface area contributed by atoms with Crippen LogP contribution in [0, 0.1) is 46.3 Å². The molecule has 0 heterocycles. The Morgan fingerprint density at radius 1 is 0.842 bits per heavy atom. The Hall–Kier alpha value is -1.32. The first-order chi connectivity index (χ1) is 18.0. The first kappa shape index (κ1) is 31.2. The third kappa shape index (κ3) is 5.90. The molecule has 3 fully saturated rings. The van der Waals surface area contributed by atoms with Gasteiger partial charge in [-0.05, 0) is 132 Å². The van der Waals surface area contributed by atoms with Crippen molar-refractivity contribution in [2.24, 2.45) is 46.3 Å². The summed E-state index contributed by atoms with van der Waals surface area (Å²) < 4.78 is 0. The minimum absolute atomic E-state index is 0.165. The van der Waals surface area contributed by atoms with E-state index in [0.29, 0.717) is 47.8 Å². The van der Waals surface area contributed by atoms with Crippen molar-refractivity contribution < 1.29 is 9.59 Å². The summed E-state index contributed by atoms with van der Waals surface area (Å²) in [5, 5.41) is 0. The van der Waals surface area contributed by atoms with Gasteiger partial charge >= 0.3 is 0 Å². The predicted molar refractivity (Wildman–Crippen MR) is 160 cm³/mol. The van der Waals surface area contributed by atoms with Gasteiger partial charge in [0.15, 0.2) is 0 Å². The zero-order chi connectivity index (χ0) is 28.3. The number of hydrogen-bond donors (Lipinski definition) is 0. The van der Waals surface area contributed by atoms with E-state index < -0.39 is 0 Å². The van der Waals surface area contributed by atoms with E-state index in [4.69, 9.17) is 0 Å². The summed E-state index contributed by atoms with van der Waals surface area (Å²) in [5.74, 6) is 4.77. The summed E-state index contributed by atoms with van der Waals surface area (Å²) in [7, 11) is 0. The number of nitrogens with zero attached hydrogens (tertiary/aromatic N) is 2. The van der Waals surface area contributed by atoms with Crippen LogP contribution in [0.15, 0.2) is 12.2 Å². The quantitative estimate of drug-likeness (QED) is 0.241. The Morgan fingerprint density at radius 2 is 1.42 bits per heavy atom. The first-order valence-electron chi connectivity index (χ1n) is 16.2. The molecule has 0 saturated heterocycles. The number of amides is 2. The summed E-state index contributed by atoms with van der Waals surface area (Å²) in [4.78, 5) is 29.8. The molecule has 4 heteroatoms. The van der Waals surface area contributed by atoms with Crippen LogP contribution in [0.1, 0.15) is 120 Å². The van der Waals surface area contributed by atoms with Crippen molar-refractivity contribution in [1.82, 2.24) is 9.80 Å². The predicted octanol–water partition coefficient (Wildman–Crippen LogP) is 7.97. The third-order valence-corrected chi connectivity index (χ3v) is 12.1. The Balaban J connectivity index is 1.75. The molecule has 4 nitrogen and oxygen atoms in total. The molecule has 0 aliphatic heterocycles. The molecule has 3 rings (SSSR count). The summed E-state index contributed by atoms with van der Waals surface area (Å²) in [6.45, 7) is 25.9. The monoisotopic (exact) mass is 528 g/mol. The Bertz CT molecular complexity index is 830. The van der Waals surface area contributed by atoms with Gasteiger partial charge < -0.3 is 9.80 Å². The molecule has 3 aliphatic rings. The van der Waals surface area contributed by atoms with Crippen molar-refractivity contribution >= 4 is 11.8 Å². The van der Waals surface area contributed by atoms with Gasteiger partial charge in [-0.15, -0.1) is 0 Å². The van der Waals surface area contributed by atoms with Gasteiger partial charge in [0.2, 0.25) is 11.8 Å². The van der Waals surface area contributed by atoms with Gasteiger partial charge in [0.1, 0.15) is 0 Å². The average molecular weight is 529 g/mol. The van der Waals surface area contributed by atoms with Crippen molar-refractivity contribution in [3.63, 3.8) is 0 Å². The van der Waals surface area contributed by atoms with E-state index in [0.717, 1.165) is 56.8 Å². The molecular formula is C34H60N2O2. The number of carbonyl (C=O) groups excluding carboxylic acids is 2. The lowest BCUT2D eigenvalue weighted by Crippen LogP contribution is -2.52. The zero-order valence-electron chi connectivity index (χ0n) is 26.3. The van der Waals surface area contributed by atoms with E-state index in [-0.39, 0.29) is 5.41 Å². The number of hydrogen-bond acceptors (Lipinski definition) is 2. The highest BCUT2D eigenvalue weighted by Crippen LogP contribution is 2.67. The minimum atomic E-state index is 0.165. The summed E-state index contributed by atoms with van der Waals surface area (Å²) in [5.41, 5.74) is 1.89. The SMILES string of the molecule is C=C(C)C1CC[C@H]2[C@@H]3CC[C@H]([C@H](C)CCC(=O)N(CC)CC)[C@@]3(C)CC[C@@H]2[C@@]1(C)CCC(=O)N(CC)CC. The summed E-state index contributed by atoms with van der Waals surface area (Å²) in [6.07, 6.45) is 11.2. The van der Waals surface area contributed by atoms with Crippen molar-refractivity contribution in [3.05, 3.63) is 12.2 Å². The topological polar surface area (TPSA) is 40.6 Å². The van der Waals surface area contributed by atoms with Gasteiger partial charge in [0.25, 0.3) is 0 Å². The zero-order valence-corrected chi connectivity index (χ0v) is 26.3. The fraction of sp³-hybridized carbons (Fsp3) is 0.882. The van der Waals surface area contributed by atoms with E-state index in [1.54, 1.807) is 0 Å². The maximum atomic E-state index is 13.0. The van der Waals surface area contributed by atoms with Crippen LogP contribution in [-0.2, 0) is 9.59 Å². The Kier molecular flexibility index (Phi) is 10.6. The van der Waals surface area contributed by atoms with E-state index in [9.17, 15) is 9.59 Å². The Labute approximate surface area is 235 Å². The normalized spacial score (nSPS) is 35.2. The second kappa shape index (κ2) is 12.9. The van der Waals surface area contributed by atoms with E-state index >= 15 is 0 Å². The maximum Gasteiger partial charge on any atom is 0.222 e. The highest BCUT2D eigenvalue weighted by Gasteiger charge is 2.60. The molecule has 0 spiro atoms. The van der Waals surface area contributed by atoms with Crippen LogP contribution in [0.25, 0.3) is 0 Å². The molecule has 2 amide bonds. The van der Waals surface area contributed by atoms with Gasteiger partial charge in [0.05, 0.1) is 0 Å². The van der Waals surface area contributed by atoms with Crippen LogP contribution in [0.4, 0.5) is 0 Å². The van der Waals surface area contributed by atoms with Gasteiger partial charge in [-0.3, -0.25) is 9.59 Å². The highest BCUT2D eigenvalue weighted by atomic mass is 16.2. The smallest absolute Gasteiger partial charge is 0.222 e. The van der Waals surface area contributed by atoms with Crippen molar-refractivity contribution in [3.8, 4) is 0 Å². The molecule has 0 aromatic carbocycles. The summed E-state index contributed by atoms with van der Waals surface area (Å²) >= 11 is 0. The van der Waals surface area contributed by atoms with Crippen LogP contribution < -0.4 is 0 Å².